The molecule has 498 valence electrons. The zero-order chi connectivity index (χ0) is 66.4. The number of aromatic amines is 1. The van der Waals surface area contributed by atoms with Gasteiger partial charge in [0.1, 0.15) is 18.1 Å². The number of nitrogens with two attached hydrogens (primary N) is 1. The minimum absolute atomic E-state index is 0.00751. The monoisotopic (exact) mass is 1270 g/mol. The number of aliphatic carboxylic acids is 1. The molecule has 0 bridgehead atoms. The van der Waals surface area contributed by atoms with Crippen LogP contribution in [0.25, 0.3) is 10.9 Å². The summed E-state index contributed by atoms with van der Waals surface area (Å²) >= 11 is 1.05. The van der Waals surface area contributed by atoms with Gasteiger partial charge in [0.15, 0.2) is 0 Å². The van der Waals surface area contributed by atoms with E-state index in [1.165, 1.54) is 14.2 Å². The van der Waals surface area contributed by atoms with E-state index in [0.29, 0.717) is 58.0 Å². The molecule has 2 aliphatic rings. The maximum absolute atomic E-state index is 14.8. The number of H-pyrrole nitrogens is 1. The summed E-state index contributed by atoms with van der Waals surface area (Å²) in [5.74, 6) is -5.86. The van der Waals surface area contributed by atoms with Crippen molar-refractivity contribution < 1.29 is 62.5 Å². The Morgan fingerprint density at radius 2 is 1.49 bits per heavy atom. The predicted molar refractivity (Wildman–Crippen MR) is 344 cm³/mol. The first-order chi connectivity index (χ1) is 42.8. The van der Waals surface area contributed by atoms with Crippen molar-refractivity contribution in [2.75, 3.05) is 53.7 Å². The summed E-state index contributed by atoms with van der Waals surface area (Å²) in [5.41, 5.74) is 13.1. The highest BCUT2D eigenvalue weighted by molar-refractivity contribution is 8.00. The molecule has 2 aromatic carbocycles. The first kappa shape index (κ1) is 73.8. The van der Waals surface area contributed by atoms with Gasteiger partial charge in [-0.1, -0.05) is 110 Å². The van der Waals surface area contributed by atoms with Crippen LogP contribution in [-0.4, -0.2) is 196 Å². The van der Waals surface area contributed by atoms with Gasteiger partial charge in [-0.25, -0.2) is 0 Å². The number of nitrogens with one attached hydrogen (secondary N) is 6. The van der Waals surface area contributed by atoms with Crippen molar-refractivity contribution in [2.45, 2.75) is 186 Å². The molecule has 0 saturated carbocycles. The van der Waals surface area contributed by atoms with E-state index < -0.39 is 83.3 Å². The van der Waals surface area contributed by atoms with Crippen LogP contribution >= 0.6 is 11.8 Å². The third-order valence-electron chi connectivity index (χ3n) is 17.4. The van der Waals surface area contributed by atoms with E-state index in [1.807, 2.05) is 107 Å². The number of likely N-dealkylation sites (tertiary alicyclic amines) is 2. The van der Waals surface area contributed by atoms with E-state index in [1.54, 1.807) is 30.8 Å². The molecule has 25 heteroatoms. The molecule has 2 saturated heterocycles. The van der Waals surface area contributed by atoms with E-state index in [0.717, 1.165) is 38.7 Å². The number of hydrogen-bond acceptors (Lipinski definition) is 15. The number of rotatable bonds is 37. The van der Waals surface area contributed by atoms with Crippen molar-refractivity contribution in [1.82, 2.24) is 51.4 Å². The van der Waals surface area contributed by atoms with Crippen LogP contribution in [0.2, 0.25) is 0 Å². The van der Waals surface area contributed by atoms with Crippen LogP contribution in [0.4, 0.5) is 0 Å². The molecule has 3 aromatic rings. The second kappa shape index (κ2) is 36.2. The zero-order valence-corrected chi connectivity index (χ0v) is 55.2. The molecule has 2 fully saturated rings. The highest BCUT2D eigenvalue weighted by atomic mass is 32.2. The standard InChI is InChI=1S/C65H99N11O13S/c1-12-41(6)58(50(88-10)34-54(79)75-32-21-27-49(75)59(89-11)42(7)60(81)69-48(61(82)68-36-43-23-15-13-16-24-43)33-44-37-67-47-26-19-18-25-45(44)47)74(9)64(85)56(39(2)3)70-62(83)57(40(4)5)73(8)30-22-29-53(78)72-71-52(77)28-17-14-20-31-76-55(80)35-51(63(76)84)90-38-46(66)65(86)87/h13,15-16,18-19,23-26,37,39-42,46,48-51,56-59,67H,12,14,17,20-22,27-36,38,66H2,1-11H3,(H,68,82)(H,69,81)(H,70,83)(H,71,77)(H,72,78)(H,86,87)/t41-,42+,46-,48-,49-,50+,51?,56-,57-,58-,59+/m0/s1. The van der Waals surface area contributed by atoms with Crippen LogP contribution in [0.15, 0.2) is 60.8 Å². The van der Waals surface area contributed by atoms with Crippen LogP contribution < -0.4 is 32.5 Å². The summed E-state index contributed by atoms with van der Waals surface area (Å²) in [4.78, 5) is 143. The zero-order valence-electron chi connectivity index (χ0n) is 54.4. The lowest BCUT2D eigenvalue weighted by Crippen LogP contribution is -2.60. The van der Waals surface area contributed by atoms with Gasteiger partial charge in [0.2, 0.25) is 53.2 Å². The maximum atomic E-state index is 14.8. The fourth-order valence-corrected chi connectivity index (χ4v) is 13.3. The number of carboxylic acid groups (broad SMARTS) is 1. The number of carbonyl (C=O) groups is 10. The number of ether oxygens (including phenoxy) is 2. The van der Waals surface area contributed by atoms with Gasteiger partial charge >= 0.3 is 5.97 Å². The molecule has 90 heavy (non-hydrogen) atoms. The van der Waals surface area contributed by atoms with E-state index in [9.17, 15) is 47.9 Å². The molecule has 9 N–H and O–H groups in total. The summed E-state index contributed by atoms with van der Waals surface area (Å²) in [7, 11) is 6.50. The molecule has 9 amide bonds. The number of unbranched alkanes of at least 4 members (excludes halogenated alkanes) is 2. The molecule has 0 aliphatic carbocycles. The van der Waals surface area contributed by atoms with Gasteiger partial charge in [-0.15, -0.1) is 11.8 Å². The average Bonchev–Trinajstić information content (AvgIpc) is 1.54. The number of imide groups is 1. The SMILES string of the molecule is CC[C@H](C)[C@@H]([C@@H](CC(=O)N1CCC[C@H]1[C@H](OC)[C@@H](C)C(=O)N[C@@H](Cc1c[nH]c2ccccc12)C(=O)NCc1ccccc1)OC)N(C)C(=O)[C@@H](NC(=O)[C@H](C(C)C)N(C)CCCC(=O)NNC(=O)CCCCCN1C(=O)CC(SC[C@H](N)C(=O)O)C1=O)C(C)C. The minimum Gasteiger partial charge on any atom is -0.480 e. The number of carboxylic acids is 1. The number of benzene rings is 2. The molecule has 0 radical (unpaired) electrons. The van der Waals surface area contributed by atoms with Crippen LogP contribution in [0.5, 0.6) is 0 Å². The number of aromatic nitrogens is 1. The van der Waals surface area contributed by atoms with E-state index in [-0.39, 0.29) is 104 Å². The Labute approximate surface area is 534 Å². The molecule has 0 spiro atoms. The summed E-state index contributed by atoms with van der Waals surface area (Å²) in [5, 5.41) is 18.4. The van der Waals surface area contributed by atoms with Gasteiger partial charge in [0, 0.05) is 89.4 Å². The minimum atomic E-state index is -1.18. The Bertz CT molecular complexity index is 2890. The number of amides is 9. The van der Waals surface area contributed by atoms with Crippen molar-refractivity contribution in [1.29, 1.82) is 0 Å². The Kier molecular flexibility index (Phi) is 29.7. The Morgan fingerprint density at radius 3 is 2.12 bits per heavy atom. The number of likely N-dealkylation sites (N-methyl/N-ethyl adjacent to an activating group) is 2. The van der Waals surface area contributed by atoms with Crippen LogP contribution in [0, 0.1) is 23.7 Å². The van der Waals surface area contributed by atoms with Gasteiger partial charge in [-0.05, 0) is 80.6 Å². The third-order valence-corrected chi connectivity index (χ3v) is 18.8. The van der Waals surface area contributed by atoms with E-state index in [4.69, 9.17) is 20.3 Å². The molecule has 1 unspecified atom stereocenters. The van der Waals surface area contributed by atoms with Crippen LogP contribution in [0.1, 0.15) is 130 Å². The van der Waals surface area contributed by atoms with E-state index in [2.05, 4.69) is 31.8 Å². The van der Waals surface area contributed by atoms with Crippen LogP contribution in [0.3, 0.4) is 0 Å². The lowest BCUT2D eigenvalue weighted by molar-refractivity contribution is -0.148. The molecular weight excluding hydrogens is 1170 g/mol. The summed E-state index contributed by atoms with van der Waals surface area (Å²) in [6.07, 6.45) is 4.31. The van der Waals surface area contributed by atoms with E-state index >= 15 is 0 Å². The predicted octanol–water partition coefficient (Wildman–Crippen LogP) is 4.29. The molecule has 11 atom stereocenters. The number of nitrogens with zero attached hydrogens (tertiary/aromatic N) is 4. The van der Waals surface area contributed by atoms with Crippen molar-refractivity contribution in [3.05, 3.63) is 71.9 Å². The number of fused-ring (bicyclic) bond motifs is 1. The third kappa shape index (κ3) is 20.8. The van der Waals surface area contributed by atoms with Crippen molar-refractivity contribution in [3.63, 3.8) is 0 Å². The lowest BCUT2D eigenvalue weighted by Gasteiger charge is -2.41. The summed E-state index contributed by atoms with van der Waals surface area (Å²) in [6, 6.07) is 12.5. The Balaban J connectivity index is 1.13. The smallest absolute Gasteiger partial charge is 0.321 e. The fourth-order valence-electron chi connectivity index (χ4n) is 12.2. The molecule has 3 heterocycles. The second-order valence-corrected chi connectivity index (χ2v) is 25.9. The summed E-state index contributed by atoms with van der Waals surface area (Å²) < 4.78 is 12.2. The number of carbonyl (C=O) groups excluding carboxylic acids is 9. The Hall–Kier alpha value is -6.93. The van der Waals surface area contributed by atoms with Gasteiger partial charge in [-0.3, -0.25) is 68.6 Å². The van der Waals surface area contributed by atoms with Gasteiger partial charge in [0.05, 0.1) is 47.9 Å². The fraction of sp³-hybridized carbons (Fsp3) is 0.631. The Morgan fingerprint density at radius 1 is 0.822 bits per heavy atom. The normalized spacial score (nSPS) is 18.2. The van der Waals surface area contributed by atoms with Gasteiger partial charge in [-0.2, -0.15) is 0 Å². The first-order valence-corrected chi connectivity index (χ1v) is 32.7. The second-order valence-electron chi connectivity index (χ2n) is 24.7. The first-order valence-electron chi connectivity index (χ1n) is 31.6. The maximum Gasteiger partial charge on any atom is 0.321 e. The molecule has 24 nitrogen and oxygen atoms in total. The van der Waals surface area contributed by atoms with Gasteiger partial charge < -0.3 is 51.0 Å². The van der Waals surface area contributed by atoms with Gasteiger partial charge in [0.25, 0.3) is 0 Å². The quantitative estimate of drug-likeness (QED) is 0.0227. The highest BCUT2D eigenvalue weighted by Gasteiger charge is 2.44. The number of hydrogen-bond donors (Lipinski definition) is 8. The topological polar surface area (TPSA) is 324 Å². The average molecular weight is 1270 g/mol. The largest absolute Gasteiger partial charge is 0.480 e. The number of methoxy groups -OCH3 is 2. The van der Waals surface area contributed by atoms with Crippen molar-refractivity contribution >= 4 is 81.8 Å². The van der Waals surface area contributed by atoms with Crippen LogP contribution in [-0.2, 0) is 70.4 Å². The summed E-state index contributed by atoms with van der Waals surface area (Å²) in [6.45, 7) is 14.5. The van der Waals surface area contributed by atoms with Crippen molar-refractivity contribution in [3.8, 4) is 0 Å². The van der Waals surface area contributed by atoms with Crippen molar-refractivity contribution in [2.24, 2.45) is 29.4 Å². The molecule has 1 aromatic heterocycles. The molecular formula is C65H99N11O13S. The lowest BCUT2D eigenvalue weighted by atomic mass is 9.89. The molecule has 5 rings (SSSR count). The highest BCUT2D eigenvalue weighted by Crippen LogP contribution is 2.31. The number of hydrazine groups is 1. The number of thioether (sulfide) groups is 1. The molecule has 2 aliphatic heterocycles. The number of para-hydroxylation sites is 1.